The number of ether oxygens (including phenoxy) is 1. The minimum atomic E-state index is -1.31. The number of hydrogen-bond donors (Lipinski definition) is 1. The standard InChI is InChI=1S/C13H11F2N3O2/c1-20-13-8(3-2-5-17-13)7-18-12(19)9-4-6-16-11(15)10(9)14/h2-6H,7H2,1H3,(H,18,19). The molecule has 0 atom stereocenters. The van der Waals surface area contributed by atoms with Gasteiger partial charge >= 0.3 is 0 Å². The molecule has 1 amide bonds. The SMILES string of the molecule is COc1ncccc1CNC(=O)c1ccnc(F)c1F. The van der Waals surface area contributed by atoms with E-state index in [4.69, 9.17) is 4.74 Å². The Kier molecular flexibility index (Phi) is 4.19. The molecule has 0 saturated carbocycles. The number of halogens is 2. The Morgan fingerprint density at radius 3 is 2.85 bits per heavy atom. The fourth-order valence-corrected chi connectivity index (χ4v) is 1.61. The highest BCUT2D eigenvalue weighted by Gasteiger charge is 2.16. The average molecular weight is 279 g/mol. The quantitative estimate of drug-likeness (QED) is 0.865. The zero-order valence-corrected chi connectivity index (χ0v) is 10.6. The summed E-state index contributed by atoms with van der Waals surface area (Å²) in [6.07, 6.45) is 2.57. The van der Waals surface area contributed by atoms with Gasteiger partial charge in [-0.25, -0.2) is 14.4 Å². The van der Waals surface area contributed by atoms with Crippen LogP contribution in [-0.4, -0.2) is 23.0 Å². The van der Waals surface area contributed by atoms with Crippen molar-refractivity contribution in [3.8, 4) is 5.88 Å². The van der Waals surface area contributed by atoms with Crippen molar-refractivity contribution in [3.63, 3.8) is 0 Å². The Morgan fingerprint density at radius 1 is 1.30 bits per heavy atom. The van der Waals surface area contributed by atoms with Gasteiger partial charge in [-0.05, 0) is 12.1 Å². The third-order valence-corrected chi connectivity index (χ3v) is 2.57. The van der Waals surface area contributed by atoms with Crippen LogP contribution in [0.3, 0.4) is 0 Å². The number of methoxy groups -OCH3 is 1. The van der Waals surface area contributed by atoms with E-state index in [2.05, 4.69) is 15.3 Å². The van der Waals surface area contributed by atoms with Gasteiger partial charge in [0, 0.05) is 24.5 Å². The molecule has 2 aromatic rings. The summed E-state index contributed by atoms with van der Waals surface area (Å²) in [4.78, 5) is 18.9. The zero-order valence-electron chi connectivity index (χ0n) is 10.6. The van der Waals surface area contributed by atoms with Crippen molar-refractivity contribution in [1.82, 2.24) is 15.3 Å². The molecule has 2 rings (SSSR count). The van der Waals surface area contributed by atoms with Crippen LogP contribution in [0.4, 0.5) is 8.78 Å². The first-order valence-corrected chi connectivity index (χ1v) is 5.69. The molecule has 0 bridgehead atoms. The van der Waals surface area contributed by atoms with Gasteiger partial charge in [0.2, 0.25) is 11.8 Å². The number of nitrogens with zero attached hydrogens (tertiary/aromatic N) is 2. The second-order valence-electron chi connectivity index (χ2n) is 3.82. The predicted molar refractivity (Wildman–Crippen MR) is 66.1 cm³/mol. The fraction of sp³-hybridized carbons (Fsp3) is 0.154. The Bertz CT molecular complexity index is 635. The van der Waals surface area contributed by atoms with E-state index in [1.54, 1.807) is 18.3 Å². The Labute approximate surface area is 113 Å². The molecule has 2 aromatic heterocycles. The zero-order chi connectivity index (χ0) is 14.5. The summed E-state index contributed by atoms with van der Waals surface area (Å²) in [6, 6.07) is 4.49. The van der Waals surface area contributed by atoms with Crippen molar-refractivity contribution < 1.29 is 18.3 Å². The summed E-state index contributed by atoms with van der Waals surface area (Å²) < 4.78 is 31.3. The molecular formula is C13H11F2N3O2. The first-order chi connectivity index (χ1) is 9.63. The lowest BCUT2D eigenvalue weighted by Gasteiger charge is -2.09. The molecule has 5 nitrogen and oxygen atoms in total. The number of amides is 1. The van der Waals surface area contributed by atoms with Gasteiger partial charge in [-0.2, -0.15) is 4.39 Å². The van der Waals surface area contributed by atoms with Crippen molar-refractivity contribution in [2.45, 2.75) is 6.54 Å². The average Bonchev–Trinajstić information content (AvgIpc) is 2.48. The van der Waals surface area contributed by atoms with Crippen LogP contribution in [0, 0.1) is 11.8 Å². The number of aromatic nitrogens is 2. The van der Waals surface area contributed by atoms with Crippen LogP contribution in [0.15, 0.2) is 30.6 Å². The molecule has 1 N–H and O–H groups in total. The smallest absolute Gasteiger partial charge is 0.254 e. The maximum Gasteiger partial charge on any atom is 0.254 e. The number of pyridine rings is 2. The van der Waals surface area contributed by atoms with E-state index in [-0.39, 0.29) is 6.54 Å². The maximum atomic E-state index is 13.4. The van der Waals surface area contributed by atoms with Gasteiger partial charge in [0.05, 0.1) is 12.7 Å². The van der Waals surface area contributed by atoms with Gasteiger partial charge in [-0.3, -0.25) is 4.79 Å². The van der Waals surface area contributed by atoms with E-state index >= 15 is 0 Å². The molecule has 0 aliphatic rings. The van der Waals surface area contributed by atoms with Gasteiger partial charge in [0.1, 0.15) is 0 Å². The number of nitrogens with one attached hydrogen (secondary N) is 1. The Morgan fingerprint density at radius 2 is 2.10 bits per heavy atom. The monoisotopic (exact) mass is 279 g/mol. The van der Waals surface area contributed by atoms with Crippen molar-refractivity contribution >= 4 is 5.91 Å². The molecule has 0 aliphatic carbocycles. The molecule has 0 radical (unpaired) electrons. The summed E-state index contributed by atoms with van der Waals surface area (Å²) in [5.74, 6) is -2.97. The molecule has 20 heavy (non-hydrogen) atoms. The summed E-state index contributed by atoms with van der Waals surface area (Å²) in [5, 5.41) is 2.46. The lowest BCUT2D eigenvalue weighted by Crippen LogP contribution is -2.24. The van der Waals surface area contributed by atoms with Crippen LogP contribution in [0.25, 0.3) is 0 Å². The molecule has 0 aliphatic heterocycles. The van der Waals surface area contributed by atoms with Gasteiger partial charge in [0.25, 0.3) is 5.91 Å². The van der Waals surface area contributed by atoms with E-state index in [9.17, 15) is 13.6 Å². The Hall–Kier alpha value is -2.57. The molecular weight excluding hydrogens is 268 g/mol. The van der Waals surface area contributed by atoms with Crippen LogP contribution < -0.4 is 10.1 Å². The van der Waals surface area contributed by atoms with Crippen molar-refractivity contribution in [3.05, 3.63) is 53.5 Å². The van der Waals surface area contributed by atoms with Crippen LogP contribution in [0.5, 0.6) is 5.88 Å². The minimum Gasteiger partial charge on any atom is -0.481 e. The molecule has 2 heterocycles. The van der Waals surface area contributed by atoms with Crippen LogP contribution in [0.1, 0.15) is 15.9 Å². The number of rotatable bonds is 4. The van der Waals surface area contributed by atoms with Gasteiger partial charge < -0.3 is 10.1 Å². The number of hydrogen-bond acceptors (Lipinski definition) is 4. The fourth-order valence-electron chi connectivity index (χ4n) is 1.61. The second kappa shape index (κ2) is 6.05. The van der Waals surface area contributed by atoms with Crippen molar-refractivity contribution in [1.29, 1.82) is 0 Å². The largest absolute Gasteiger partial charge is 0.481 e. The number of carbonyl (C=O) groups excluding carboxylic acids is 1. The molecule has 104 valence electrons. The summed E-state index contributed by atoms with van der Waals surface area (Å²) in [7, 11) is 1.45. The Balaban J connectivity index is 2.11. The van der Waals surface area contributed by atoms with E-state index < -0.39 is 23.2 Å². The third kappa shape index (κ3) is 2.87. The summed E-state index contributed by atoms with van der Waals surface area (Å²) in [6.45, 7) is 0.0826. The van der Waals surface area contributed by atoms with Gasteiger partial charge in [0.15, 0.2) is 5.82 Å². The lowest BCUT2D eigenvalue weighted by molar-refractivity contribution is 0.0945. The minimum absolute atomic E-state index is 0.0826. The second-order valence-corrected chi connectivity index (χ2v) is 3.82. The highest BCUT2D eigenvalue weighted by atomic mass is 19.2. The van der Waals surface area contributed by atoms with Crippen LogP contribution in [-0.2, 0) is 6.54 Å². The predicted octanol–water partition coefficient (Wildman–Crippen LogP) is 1.69. The highest BCUT2D eigenvalue weighted by molar-refractivity contribution is 5.94. The normalized spacial score (nSPS) is 10.2. The molecule has 0 saturated heterocycles. The van der Waals surface area contributed by atoms with Crippen molar-refractivity contribution in [2.75, 3.05) is 7.11 Å². The molecule has 0 spiro atoms. The molecule has 7 heteroatoms. The maximum absolute atomic E-state index is 13.4. The van der Waals surface area contributed by atoms with E-state index in [1.807, 2.05) is 0 Å². The first kappa shape index (κ1) is 13.9. The first-order valence-electron chi connectivity index (χ1n) is 5.69. The third-order valence-electron chi connectivity index (χ3n) is 2.57. The van der Waals surface area contributed by atoms with E-state index in [0.717, 1.165) is 12.3 Å². The van der Waals surface area contributed by atoms with E-state index in [1.165, 1.54) is 7.11 Å². The summed E-state index contributed by atoms with van der Waals surface area (Å²) >= 11 is 0. The lowest BCUT2D eigenvalue weighted by atomic mass is 10.2. The topological polar surface area (TPSA) is 64.1 Å². The molecule has 0 unspecified atom stereocenters. The number of carbonyl (C=O) groups is 1. The highest BCUT2D eigenvalue weighted by Crippen LogP contribution is 2.14. The van der Waals surface area contributed by atoms with Gasteiger partial charge in [-0.15, -0.1) is 0 Å². The van der Waals surface area contributed by atoms with Crippen LogP contribution in [0.2, 0.25) is 0 Å². The van der Waals surface area contributed by atoms with Gasteiger partial charge in [-0.1, -0.05) is 6.07 Å². The van der Waals surface area contributed by atoms with Crippen molar-refractivity contribution in [2.24, 2.45) is 0 Å². The molecule has 0 fully saturated rings. The molecule has 0 aromatic carbocycles. The van der Waals surface area contributed by atoms with Crippen LogP contribution >= 0.6 is 0 Å². The summed E-state index contributed by atoms with van der Waals surface area (Å²) in [5.41, 5.74) is 0.221. The van der Waals surface area contributed by atoms with E-state index in [0.29, 0.717) is 11.4 Å².